The Balaban J connectivity index is 1.45. The maximum atomic E-state index is 12.7. The van der Waals surface area contributed by atoms with E-state index in [4.69, 9.17) is 11.6 Å². The van der Waals surface area contributed by atoms with E-state index >= 15 is 0 Å². The number of para-hydroxylation sites is 1. The molecule has 0 aliphatic carbocycles. The van der Waals surface area contributed by atoms with E-state index in [1.807, 2.05) is 73.1 Å². The molecule has 0 atom stereocenters. The van der Waals surface area contributed by atoms with Gasteiger partial charge in [0.1, 0.15) is 4.83 Å². The van der Waals surface area contributed by atoms with Crippen molar-refractivity contribution < 1.29 is 9.59 Å². The van der Waals surface area contributed by atoms with Gasteiger partial charge in [0.2, 0.25) is 5.91 Å². The lowest BCUT2D eigenvalue weighted by Crippen LogP contribution is -2.32. The number of benzene rings is 2. The number of amides is 2. The summed E-state index contributed by atoms with van der Waals surface area (Å²) in [6.07, 6.45) is 0.815. The molecule has 2 N–H and O–H groups in total. The van der Waals surface area contributed by atoms with Crippen molar-refractivity contribution in [2.75, 3.05) is 11.9 Å². The van der Waals surface area contributed by atoms with Crippen LogP contribution in [0.4, 0.5) is 5.69 Å². The summed E-state index contributed by atoms with van der Waals surface area (Å²) in [6, 6.07) is 17.1. The predicted molar refractivity (Wildman–Crippen MR) is 130 cm³/mol. The Morgan fingerprint density at radius 3 is 2.56 bits per heavy atom. The Hall–Kier alpha value is -3.16. The molecule has 0 saturated heterocycles. The van der Waals surface area contributed by atoms with Crippen LogP contribution in [-0.4, -0.2) is 28.1 Å². The minimum Gasteiger partial charge on any atom is -0.342 e. The van der Waals surface area contributed by atoms with Crippen molar-refractivity contribution in [3.05, 3.63) is 81.3 Å². The molecule has 2 aromatic heterocycles. The zero-order valence-electron chi connectivity index (χ0n) is 17.8. The highest BCUT2D eigenvalue weighted by Crippen LogP contribution is 2.29. The van der Waals surface area contributed by atoms with E-state index in [1.54, 1.807) is 0 Å². The number of carbonyl (C=O) groups is 2. The highest BCUT2D eigenvalue weighted by Gasteiger charge is 2.18. The number of carbonyl (C=O) groups excluding carboxylic acids is 2. The fourth-order valence-electron chi connectivity index (χ4n) is 3.51. The lowest BCUT2D eigenvalue weighted by Gasteiger charge is -2.10. The molecule has 0 radical (unpaired) electrons. The second-order valence-electron chi connectivity index (χ2n) is 7.41. The molecule has 8 heteroatoms. The van der Waals surface area contributed by atoms with Gasteiger partial charge in [-0.05, 0) is 42.7 Å². The lowest BCUT2D eigenvalue weighted by atomic mass is 10.1. The summed E-state index contributed by atoms with van der Waals surface area (Å²) < 4.78 is 1.86. The van der Waals surface area contributed by atoms with Crippen LogP contribution < -0.4 is 10.6 Å². The van der Waals surface area contributed by atoms with E-state index in [9.17, 15) is 9.59 Å². The Kier molecular flexibility index (Phi) is 6.58. The fraction of sp³-hybridized carbons (Fsp3) is 0.208. The van der Waals surface area contributed by atoms with E-state index < -0.39 is 0 Å². The van der Waals surface area contributed by atoms with Crippen LogP contribution in [-0.2, 0) is 17.8 Å². The van der Waals surface area contributed by atoms with Crippen molar-refractivity contribution >= 4 is 50.7 Å². The Bertz CT molecular complexity index is 1290. The summed E-state index contributed by atoms with van der Waals surface area (Å²) in [5.74, 6) is -0.546. The molecular weight excluding hydrogens is 444 g/mol. The number of rotatable bonds is 7. The zero-order chi connectivity index (χ0) is 22.7. The van der Waals surface area contributed by atoms with Gasteiger partial charge in [-0.25, -0.2) is 0 Å². The summed E-state index contributed by atoms with van der Waals surface area (Å²) >= 11 is 7.65. The number of anilines is 1. The molecule has 0 spiro atoms. The van der Waals surface area contributed by atoms with Crippen LogP contribution in [0.5, 0.6) is 0 Å². The summed E-state index contributed by atoms with van der Waals surface area (Å²) in [5, 5.41) is 11.8. The highest BCUT2D eigenvalue weighted by molar-refractivity contribution is 7.20. The molecule has 2 amide bonds. The number of fused-ring (bicyclic) bond motifs is 1. The Morgan fingerprint density at radius 1 is 1.09 bits per heavy atom. The molecular formula is C24H23ClN4O2S. The van der Waals surface area contributed by atoms with E-state index in [0.29, 0.717) is 16.4 Å². The number of nitrogens with zero attached hydrogens (tertiary/aromatic N) is 2. The standard InChI is InChI=1S/C24H23ClN4O2S/c1-3-16-8-5-7-11-20(16)27-22(30)13-26-23(31)21-12-18-15(2)28-29(24(18)32-21)14-17-9-4-6-10-19(17)25/h4-12H,3,13-14H2,1-2H3,(H,26,31)(H,27,30). The van der Waals surface area contributed by atoms with E-state index in [0.717, 1.165) is 39.1 Å². The molecule has 6 nitrogen and oxygen atoms in total. The molecule has 4 rings (SSSR count). The Labute approximate surface area is 195 Å². The first-order valence-electron chi connectivity index (χ1n) is 10.3. The summed E-state index contributed by atoms with van der Waals surface area (Å²) in [4.78, 5) is 26.5. The number of halogens is 1. The van der Waals surface area contributed by atoms with Gasteiger partial charge in [0, 0.05) is 16.1 Å². The van der Waals surface area contributed by atoms with Crippen molar-refractivity contribution in [1.29, 1.82) is 0 Å². The number of hydrogen-bond donors (Lipinski definition) is 2. The minimum absolute atomic E-state index is 0.101. The van der Waals surface area contributed by atoms with Gasteiger partial charge in [-0.15, -0.1) is 11.3 Å². The second kappa shape index (κ2) is 9.54. The Morgan fingerprint density at radius 2 is 1.81 bits per heavy atom. The number of aryl methyl sites for hydroxylation is 2. The molecule has 164 valence electrons. The van der Waals surface area contributed by atoms with Crippen molar-refractivity contribution in [3.8, 4) is 0 Å². The fourth-order valence-corrected chi connectivity index (χ4v) is 4.79. The van der Waals surface area contributed by atoms with Crippen molar-refractivity contribution in [3.63, 3.8) is 0 Å². The van der Waals surface area contributed by atoms with Gasteiger partial charge in [-0.2, -0.15) is 5.10 Å². The average molecular weight is 467 g/mol. The van der Waals surface area contributed by atoms with E-state index in [2.05, 4.69) is 15.7 Å². The van der Waals surface area contributed by atoms with Gasteiger partial charge in [0.05, 0.1) is 23.7 Å². The van der Waals surface area contributed by atoms with Crippen LogP contribution in [0.3, 0.4) is 0 Å². The summed E-state index contributed by atoms with van der Waals surface area (Å²) in [6.45, 7) is 4.36. The number of nitrogens with one attached hydrogen (secondary N) is 2. The second-order valence-corrected chi connectivity index (χ2v) is 8.84. The molecule has 0 unspecified atom stereocenters. The number of thiophene rings is 1. The zero-order valence-corrected chi connectivity index (χ0v) is 19.4. The topological polar surface area (TPSA) is 76.0 Å². The average Bonchev–Trinajstić information content (AvgIpc) is 3.35. The van der Waals surface area contributed by atoms with Crippen molar-refractivity contribution in [2.45, 2.75) is 26.8 Å². The van der Waals surface area contributed by atoms with Crippen molar-refractivity contribution in [2.24, 2.45) is 0 Å². The first kappa shape index (κ1) is 22.0. The van der Waals surface area contributed by atoms with Crippen LogP contribution in [0, 0.1) is 6.92 Å². The lowest BCUT2D eigenvalue weighted by molar-refractivity contribution is -0.115. The third-order valence-corrected chi connectivity index (χ3v) is 6.71. The number of aromatic nitrogens is 2. The molecule has 0 saturated carbocycles. The summed E-state index contributed by atoms with van der Waals surface area (Å²) in [7, 11) is 0. The van der Waals surface area contributed by atoms with Gasteiger partial charge in [0.15, 0.2) is 0 Å². The smallest absolute Gasteiger partial charge is 0.261 e. The quantitative estimate of drug-likeness (QED) is 0.400. The number of hydrogen-bond acceptors (Lipinski definition) is 4. The maximum Gasteiger partial charge on any atom is 0.261 e. The van der Waals surface area contributed by atoms with Gasteiger partial charge in [-0.3, -0.25) is 14.3 Å². The molecule has 4 aromatic rings. The minimum atomic E-state index is -0.283. The van der Waals surface area contributed by atoms with Gasteiger partial charge < -0.3 is 10.6 Å². The van der Waals surface area contributed by atoms with Gasteiger partial charge in [0.25, 0.3) is 5.91 Å². The monoisotopic (exact) mass is 466 g/mol. The summed E-state index contributed by atoms with van der Waals surface area (Å²) in [5.41, 5.74) is 3.62. The molecule has 2 aromatic carbocycles. The van der Waals surface area contributed by atoms with Crippen LogP contribution >= 0.6 is 22.9 Å². The van der Waals surface area contributed by atoms with Crippen LogP contribution in [0.15, 0.2) is 54.6 Å². The van der Waals surface area contributed by atoms with Crippen LogP contribution in [0.25, 0.3) is 10.2 Å². The van der Waals surface area contributed by atoms with Gasteiger partial charge in [-0.1, -0.05) is 54.9 Å². The molecule has 32 heavy (non-hydrogen) atoms. The molecule has 0 fully saturated rings. The van der Waals surface area contributed by atoms with Crippen LogP contribution in [0.1, 0.15) is 33.4 Å². The third kappa shape index (κ3) is 4.69. The maximum absolute atomic E-state index is 12.7. The van der Waals surface area contributed by atoms with Crippen LogP contribution in [0.2, 0.25) is 5.02 Å². The predicted octanol–water partition coefficient (Wildman–Crippen LogP) is 5.04. The largest absolute Gasteiger partial charge is 0.342 e. The van der Waals surface area contributed by atoms with Gasteiger partial charge >= 0.3 is 0 Å². The van der Waals surface area contributed by atoms with Crippen molar-refractivity contribution in [1.82, 2.24) is 15.1 Å². The molecule has 0 bridgehead atoms. The van der Waals surface area contributed by atoms with E-state index in [-0.39, 0.29) is 18.4 Å². The van der Waals surface area contributed by atoms with E-state index in [1.165, 1.54) is 11.3 Å². The third-order valence-electron chi connectivity index (χ3n) is 5.19. The molecule has 0 aliphatic heterocycles. The normalized spacial score (nSPS) is 11.0. The highest BCUT2D eigenvalue weighted by atomic mass is 35.5. The first-order chi connectivity index (χ1) is 15.5. The first-order valence-corrected chi connectivity index (χ1v) is 11.5. The SMILES string of the molecule is CCc1ccccc1NC(=O)CNC(=O)c1cc2c(C)nn(Cc3ccccc3Cl)c2s1. The molecule has 2 heterocycles. The molecule has 0 aliphatic rings.